The van der Waals surface area contributed by atoms with Gasteiger partial charge in [-0.3, -0.25) is 0 Å². The van der Waals surface area contributed by atoms with Gasteiger partial charge in [0.1, 0.15) is 4.75 Å². The van der Waals surface area contributed by atoms with E-state index in [-0.39, 0.29) is 34.8 Å². The Bertz CT molecular complexity index is 1410. The van der Waals surface area contributed by atoms with Crippen molar-refractivity contribution in [3.8, 4) is 17.3 Å². The average molecular weight is 499 g/mol. The molecule has 0 bridgehead atoms. The van der Waals surface area contributed by atoms with Crippen LogP contribution in [0.5, 0.6) is 5.88 Å². The fourth-order valence-corrected chi connectivity index (χ4v) is 5.61. The van der Waals surface area contributed by atoms with Gasteiger partial charge in [-0.25, -0.2) is 13.4 Å². The molecule has 1 fully saturated rings. The highest BCUT2D eigenvalue weighted by atomic mass is 32.2. The summed E-state index contributed by atoms with van der Waals surface area (Å²) in [5.41, 5.74) is 0.437. The molecule has 0 spiro atoms. The van der Waals surface area contributed by atoms with Crippen LogP contribution in [0.1, 0.15) is 18.5 Å². The van der Waals surface area contributed by atoms with Crippen LogP contribution in [0.15, 0.2) is 65.6 Å². The second-order valence-corrected chi connectivity index (χ2v) is 11.1. The van der Waals surface area contributed by atoms with Gasteiger partial charge in [0, 0.05) is 17.3 Å². The Morgan fingerprint density at radius 2 is 1.52 bits per heavy atom. The van der Waals surface area contributed by atoms with E-state index >= 15 is 0 Å². The molecular formula is C20H16F3N3O5S2. The summed E-state index contributed by atoms with van der Waals surface area (Å²) < 4.78 is 91.1. The number of benzene rings is 2. The van der Waals surface area contributed by atoms with Crippen molar-refractivity contribution in [3.05, 3.63) is 66.4 Å². The Morgan fingerprint density at radius 3 is 2.06 bits per heavy atom. The molecule has 4 rings (SSSR count). The smallest absolute Gasteiger partial charge is 0.399 e. The molecular weight excluding hydrogens is 483 g/mol. The van der Waals surface area contributed by atoms with Crippen molar-refractivity contribution in [1.82, 2.24) is 9.97 Å². The van der Waals surface area contributed by atoms with Gasteiger partial charge in [0.2, 0.25) is 5.88 Å². The molecule has 0 saturated heterocycles. The molecule has 1 aliphatic rings. The van der Waals surface area contributed by atoms with Crippen molar-refractivity contribution in [2.45, 2.75) is 28.0 Å². The number of nitrogens with two attached hydrogens (primary N) is 1. The SMILES string of the molecule is Nc1ccc(-c2nc(OS(=O)(=O)C(F)(F)F)cc(C3(S(=O)(=O)c4ccccc4)CC3)n2)cc1. The average Bonchev–Trinajstić information content (AvgIpc) is 3.56. The van der Waals surface area contributed by atoms with Gasteiger partial charge in [0.15, 0.2) is 15.7 Å². The first kappa shape index (κ1) is 23.0. The molecule has 0 aliphatic heterocycles. The number of rotatable bonds is 6. The minimum absolute atomic E-state index is 0.000489. The highest BCUT2D eigenvalue weighted by Gasteiger charge is 2.58. The summed E-state index contributed by atoms with van der Waals surface area (Å²) in [5.74, 6) is -1.16. The summed E-state index contributed by atoms with van der Waals surface area (Å²) in [5, 5.41) is 0. The lowest BCUT2D eigenvalue weighted by molar-refractivity contribution is -0.0501. The zero-order valence-corrected chi connectivity index (χ0v) is 18.3. The van der Waals surface area contributed by atoms with Gasteiger partial charge in [0.05, 0.1) is 10.6 Å². The van der Waals surface area contributed by atoms with E-state index in [1.165, 1.54) is 48.5 Å². The molecule has 8 nitrogen and oxygen atoms in total. The number of halogens is 3. The highest BCUT2D eigenvalue weighted by molar-refractivity contribution is 7.92. The van der Waals surface area contributed by atoms with Crippen molar-refractivity contribution in [2.24, 2.45) is 0 Å². The van der Waals surface area contributed by atoms with Crippen molar-refractivity contribution < 1.29 is 34.2 Å². The van der Waals surface area contributed by atoms with Crippen LogP contribution in [-0.4, -0.2) is 32.3 Å². The second kappa shape index (κ2) is 7.70. The molecule has 2 N–H and O–H groups in total. The Hall–Kier alpha value is -3.19. The summed E-state index contributed by atoms with van der Waals surface area (Å²) in [6.07, 6.45) is 0.266. The molecule has 0 unspecified atom stereocenters. The molecule has 1 aliphatic carbocycles. The monoisotopic (exact) mass is 499 g/mol. The molecule has 33 heavy (non-hydrogen) atoms. The van der Waals surface area contributed by atoms with Gasteiger partial charge in [0.25, 0.3) is 0 Å². The third-order valence-electron chi connectivity index (χ3n) is 5.09. The maximum Gasteiger partial charge on any atom is 0.534 e. The zero-order chi connectivity index (χ0) is 24.1. The second-order valence-electron chi connectivity index (χ2n) is 7.33. The van der Waals surface area contributed by atoms with E-state index in [1.54, 1.807) is 6.07 Å². The highest BCUT2D eigenvalue weighted by Crippen LogP contribution is 2.55. The molecule has 0 amide bonds. The molecule has 3 aromatic rings. The van der Waals surface area contributed by atoms with Crippen LogP contribution in [0, 0.1) is 0 Å². The molecule has 1 aromatic heterocycles. The molecule has 1 saturated carbocycles. The lowest BCUT2D eigenvalue weighted by atomic mass is 10.2. The van der Waals surface area contributed by atoms with E-state index in [2.05, 4.69) is 14.2 Å². The summed E-state index contributed by atoms with van der Waals surface area (Å²) in [6.45, 7) is 0. The van der Waals surface area contributed by atoms with Crippen LogP contribution in [-0.2, 0) is 24.7 Å². The first-order valence-electron chi connectivity index (χ1n) is 9.42. The first-order valence-corrected chi connectivity index (χ1v) is 12.3. The molecule has 0 atom stereocenters. The Balaban J connectivity index is 1.88. The van der Waals surface area contributed by atoms with Crippen LogP contribution in [0.25, 0.3) is 11.4 Å². The predicted molar refractivity (Wildman–Crippen MR) is 112 cm³/mol. The number of anilines is 1. The minimum Gasteiger partial charge on any atom is -0.399 e. The number of hydrogen-bond donors (Lipinski definition) is 1. The summed E-state index contributed by atoms with van der Waals surface area (Å²) in [4.78, 5) is 8.04. The first-order chi connectivity index (χ1) is 15.4. The zero-order valence-electron chi connectivity index (χ0n) is 16.7. The predicted octanol–water partition coefficient (Wildman–Crippen LogP) is 3.42. The number of nitrogen functional groups attached to an aromatic ring is 1. The third kappa shape index (κ3) is 4.13. The van der Waals surface area contributed by atoms with E-state index in [0.717, 1.165) is 6.07 Å². The van der Waals surface area contributed by atoms with Crippen molar-refractivity contribution in [2.75, 3.05) is 5.73 Å². The summed E-state index contributed by atoms with van der Waals surface area (Å²) >= 11 is 0. The third-order valence-corrected chi connectivity index (χ3v) is 8.59. The van der Waals surface area contributed by atoms with E-state index in [4.69, 9.17) is 5.73 Å². The number of alkyl halides is 3. The van der Waals surface area contributed by atoms with E-state index in [0.29, 0.717) is 5.69 Å². The van der Waals surface area contributed by atoms with E-state index in [9.17, 15) is 30.0 Å². The fourth-order valence-electron chi connectivity index (χ4n) is 3.22. The summed E-state index contributed by atoms with van der Waals surface area (Å²) in [6, 6.07) is 14.2. The maximum atomic E-state index is 13.3. The van der Waals surface area contributed by atoms with Crippen molar-refractivity contribution in [1.29, 1.82) is 0 Å². The standard InChI is InChI=1S/C20H16F3N3O5S2/c21-20(22,23)33(29,30)31-17-12-16(25-18(26-17)13-6-8-14(24)9-7-13)19(10-11-19)32(27,28)15-4-2-1-3-5-15/h1-9,12H,10-11,24H2. The van der Waals surface area contributed by atoms with Crippen LogP contribution >= 0.6 is 0 Å². The number of hydrogen-bond acceptors (Lipinski definition) is 8. The number of aromatic nitrogens is 2. The van der Waals surface area contributed by atoms with Gasteiger partial charge in [-0.1, -0.05) is 18.2 Å². The van der Waals surface area contributed by atoms with Gasteiger partial charge < -0.3 is 9.92 Å². The Kier molecular flexibility index (Phi) is 5.36. The van der Waals surface area contributed by atoms with E-state index < -0.39 is 36.1 Å². The largest absolute Gasteiger partial charge is 0.534 e. The lowest BCUT2D eigenvalue weighted by Crippen LogP contribution is -2.29. The molecule has 2 aromatic carbocycles. The number of sulfone groups is 1. The van der Waals surface area contributed by atoms with Crippen LogP contribution in [0.2, 0.25) is 0 Å². The quantitative estimate of drug-likeness (QED) is 0.310. The Morgan fingerprint density at radius 1 is 0.909 bits per heavy atom. The molecule has 174 valence electrons. The Labute approximate surface area is 187 Å². The van der Waals surface area contributed by atoms with Crippen molar-refractivity contribution >= 4 is 25.6 Å². The van der Waals surface area contributed by atoms with Gasteiger partial charge in [-0.15, -0.1) is 0 Å². The van der Waals surface area contributed by atoms with Gasteiger partial charge >= 0.3 is 15.6 Å². The van der Waals surface area contributed by atoms with Crippen LogP contribution < -0.4 is 9.92 Å². The topological polar surface area (TPSA) is 129 Å². The number of nitrogens with zero attached hydrogens (tertiary/aromatic N) is 2. The lowest BCUT2D eigenvalue weighted by Gasteiger charge is -2.18. The molecule has 1 heterocycles. The fraction of sp³-hybridized carbons (Fsp3) is 0.200. The normalized spacial score (nSPS) is 15.7. The van der Waals surface area contributed by atoms with Gasteiger partial charge in [-0.05, 0) is 49.2 Å². The maximum absolute atomic E-state index is 13.3. The van der Waals surface area contributed by atoms with Crippen LogP contribution in [0.4, 0.5) is 18.9 Å². The molecule has 13 heteroatoms. The minimum atomic E-state index is -6.05. The van der Waals surface area contributed by atoms with Gasteiger partial charge in [-0.2, -0.15) is 26.6 Å². The van der Waals surface area contributed by atoms with E-state index in [1.807, 2.05) is 0 Å². The summed E-state index contributed by atoms with van der Waals surface area (Å²) in [7, 11) is -10.1. The van der Waals surface area contributed by atoms with Crippen molar-refractivity contribution in [3.63, 3.8) is 0 Å². The molecule has 0 radical (unpaired) electrons. The van der Waals surface area contributed by atoms with Crippen LogP contribution in [0.3, 0.4) is 0 Å².